The fourth-order valence-electron chi connectivity index (χ4n) is 1.64. The Labute approximate surface area is 111 Å². The van der Waals surface area contributed by atoms with Crippen molar-refractivity contribution in [3.8, 4) is 5.75 Å². The molecule has 1 aromatic heterocycles. The van der Waals surface area contributed by atoms with E-state index in [4.69, 9.17) is 0 Å². The van der Waals surface area contributed by atoms with E-state index in [9.17, 15) is 9.90 Å². The van der Waals surface area contributed by atoms with Crippen molar-refractivity contribution in [2.75, 3.05) is 5.32 Å². The maximum absolute atomic E-state index is 12.0. The number of aromatic nitrogens is 2. The average molecular weight is 259 g/mol. The van der Waals surface area contributed by atoms with Crippen molar-refractivity contribution in [3.05, 3.63) is 41.1 Å². The minimum Gasteiger partial charge on any atom is -0.508 e. The largest absolute Gasteiger partial charge is 0.508 e. The standard InChI is InChI=1S/C14H17N3O2/c1-8(2)11-7-13(17-16-11)15-14(19)10-5-4-9(3)12(18)6-10/h4-8,18H,1-3H3,(H2,15,16,17,19). The van der Waals surface area contributed by atoms with Crippen molar-refractivity contribution in [2.24, 2.45) is 0 Å². The number of amides is 1. The number of aromatic amines is 1. The summed E-state index contributed by atoms with van der Waals surface area (Å²) in [4.78, 5) is 12.0. The van der Waals surface area contributed by atoms with Gasteiger partial charge in [-0.2, -0.15) is 5.10 Å². The molecule has 0 saturated heterocycles. The SMILES string of the molecule is Cc1ccc(C(=O)Nc2cc(C(C)C)[nH]n2)cc1O. The zero-order valence-electron chi connectivity index (χ0n) is 11.2. The lowest BCUT2D eigenvalue weighted by Gasteiger charge is -2.04. The van der Waals surface area contributed by atoms with E-state index in [1.165, 1.54) is 6.07 Å². The molecule has 3 N–H and O–H groups in total. The average Bonchev–Trinajstić information content (AvgIpc) is 2.81. The summed E-state index contributed by atoms with van der Waals surface area (Å²) in [5.74, 6) is 0.616. The molecular weight excluding hydrogens is 242 g/mol. The van der Waals surface area contributed by atoms with E-state index < -0.39 is 0 Å². The van der Waals surface area contributed by atoms with Crippen LogP contribution < -0.4 is 5.32 Å². The van der Waals surface area contributed by atoms with Crippen molar-refractivity contribution in [1.82, 2.24) is 10.2 Å². The second kappa shape index (κ2) is 5.14. The highest BCUT2D eigenvalue weighted by molar-refractivity contribution is 6.04. The number of benzene rings is 1. The summed E-state index contributed by atoms with van der Waals surface area (Å²) in [5.41, 5.74) is 2.10. The van der Waals surface area contributed by atoms with E-state index in [-0.39, 0.29) is 11.7 Å². The predicted molar refractivity (Wildman–Crippen MR) is 73.5 cm³/mol. The first kappa shape index (κ1) is 13.1. The highest BCUT2D eigenvalue weighted by Crippen LogP contribution is 2.19. The third kappa shape index (κ3) is 2.93. The molecule has 0 spiro atoms. The number of phenols is 1. The van der Waals surface area contributed by atoms with Crippen molar-refractivity contribution in [2.45, 2.75) is 26.7 Å². The van der Waals surface area contributed by atoms with Gasteiger partial charge in [0.2, 0.25) is 0 Å². The molecule has 0 fully saturated rings. The maximum Gasteiger partial charge on any atom is 0.256 e. The van der Waals surface area contributed by atoms with Crippen LogP contribution in [0.15, 0.2) is 24.3 Å². The van der Waals surface area contributed by atoms with Gasteiger partial charge in [0.1, 0.15) is 5.75 Å². The van der Waals surface area contributed by atoms with Crippen LogP contribution in [0, 0.1) is 6.92 Å². The summed E-state index contributed by atoms with van der Waals surface area (Å²) >= 11 is 0. The first-order chi connectivity index (χ1) is 8.97. The van der Waals surface area contributed by atoms with Crippen LogP contribution >= 0.6 is 0 Å². The molecule has 0 radical (unpaired) electrons. The van der Waals surface area contributed by atoms with Crippen LogP contribution in [0.2, 0.25) is 0 Å². The van der Waals surface area contributed by atoms with Crippen LogP contribution in [0.5, 0.6) is 5.75 Å². The lowest BCUT2D eigenvalue weighted by molar-refractivity contribution is 0.102. The number of H-pyrrole nitrogens is 1. The smallest absolute Gasteiger partial charge is 0.256 e. The minimum absolute atomic E-state index is 0.109. The molecule has 100 valence electrons. The number of aromatic hydroxyl groups is 1. The highest BCUT2D eigenvalue weighted by Gasteiger charge is 2.11. The lowest BCUT2D eigenvalue weighted by Crippen LogP contribution is -2.12. The molecule has 5 heteroatoms. The first-order valence-electron chi connectivity index (χ1n) is 6.13. The quantitative estimate of drug-likeness (QED) is 0.793. The van der Waals surface area contributed by atoms with E-state index in [0.717, 1.165) is 11.3 Å². The van der Waals surface area contributed by atoms with Crippen molar-refractivity contribution >= 4 is 11.7 Å². The Balaban J connectivity index is 2.13. The van der Waals surface area contributed by atoms with Crippen LogP contribution in [-0.2, 0) is 0 Å². The number of carbonyl (C=O) groups excluding carboxylic acids is 1. The molecule has 2 rings (SSSR count). The number of aryl methyl sites for hydroxylation is 1. The van der Waals surface area contributed by atoms with Crippen LogP contribution in [0.4, 0.5) is 5.82 Å². The summed E-state index contributed by atoms with van der Waals surface area (Å²) in [5, 5.41) is 19.2. The van der Waals surface area contributed by atoms with Gasteiger partial charge in [-0.25, -0.2) is 0 Å². The number of anilines is 1. The molecule has 2 aromatic rings. The Kier molecular flexibility index (Phi) is 3.55. The van der Waals surface area contributed by atoms with Gasteiger partial charge in [0.25, 0.3) is 5.91 Å². The van der Waals surface area contributed by atoms with Gasteiger partial charge in [-0.3, -0.25) is 9.89 Å². The van der Waals surface area contributed by atoms with Gasteiger partial charge in [-0.1, -0.05) is 19.9 Å². The number of nitrogens with one attached hydrogen (secondary N) is 2. The van der Waals surface area contributed by atoms with Gasteiger partial charge in [-0.05, 0) is 30.5 Å². The van der Waals surface area contributed by atoms with Gasteiger partial charge in [-0.15, -0.1) is 0 Å². The second-order valence-electron chi connectivity index (χ2n) is 4.82. The van der Waals surface area contributed by atoms with Crippen LogP contribution in [-0.4, -0.2) is 21.2 Å². The Morgan fingerprint density at radius 2 is 2.11 bits per heavy atom. The number of rotatable bonds is 3. The third-order valence-corrected chi connectivity index (χ3v) is 2.93. The van der Waals surface area contributed by atoms with Crippen LogP contribution in [0.3, 0.4) is 0 Å². The second-order valence-corrected chi connectivity index (χ2v) is 4.82. The molecule has 5 nitrogen and oxygen atoms in total. The van der Waals surface area contributed by atoms with Gasteiger partial charge < -0.3 is 10.4 Å². The summed E-state index contributed by atoms with van der Waals surface area (Å²) in [7, 11) is 0. The fraction of sp³-hybridized carbons (Fsp3) is 0.286. The highest BCUT2D eigenvalue weighted by atomic mass is 16.3. The zero-order chi connectivity index (χ0) is 14.0. The topological polar surface area (TPSA) is 78.0 Å². The van der Waals surface area contributed by atoms with Gasteiger partial charge in [0.05, 0.1) is 0 Å². The van der Waals surface area contributed by atoms with E-state index >= 15 is 0 Å². The maximum atomic E-state index is 12.0. The zero-order valence-corrected chi connectivity index (χ0v) is 11.2. The van der Waals surface area contributed by atoms with Gasteiger partial charge in [0, 0.05) is 17.3 Å². The Bertz CT molecular complexity index is 602. The van der Waals surface area contributed by atoms with Crippen LogP contribution in [0.1, 0.15) is 41.4 Å². The monoisotopic (exact) mass is 259 g/mol. The number of phenolic OH excluding ortho intramolecular Hbond substituents is 1. The number of carbonyl (C=O) groups is 1. The van der Waals surface area contributed by atoms with Crippen molar-refractivity contribution in [3.63, 3.8) is 0 Å². The normalized spacial score (nSPS) is 10.7. The molecule has 0 aliphatic rings. The molecule has 19 heavy (non-hydrogen) atoms. The first-order valence-corrected chi connectivity index (χ1v) is 6.13. The summed E-state index contributed by atoms with van der Waals surface area (Å²) in [6.07, 6.45) is 0. The van der Waals surface area contributed by atoms with Crippen molar-refractivity contribution < 1.29 is 9.90 Å². The van der Waals surface area contributed by atoms with Crippen molar-refractivity contribution in [1.29, 1.82) is 0 Å². The number of hydrogen-bond donors (Lipinski definition) is 3. The molecule has 0 aliphatic carbocycles. The number of nitrogens with zero attached hydrogens (tertiary/aromatic N) is 1. The molecule has 0 unspecified atom stereocenters. The molecule has 1 amide bonds. The van der Waals surface area contributed by atoms with Crippen LogP contribution in [0.25, 0.3) is 0 Å². The van der Waals surface area contributed by atoms with Gasteiger partial charge >= 0.3 is 0 Å². The van der Waals surface area contributed by atoms with E-state index in [1.54, 1.807) is 25.1 Å². The summed E-state index contributed by atoms with van der Waals surface area (Å²) in [6, 6.07) is 6.62. The Morgan fingerprint density at radius 1 is 1.37 bits per heavy atom. The molecule has 0 saturated carbocycles. The summed E-state index contributed by atoms with van der Waals surface area (Å²) < 4.78 is 0. The number of hydrogen-bond acceptors (Lipinski definition) is 3. The lowest BCUT2D eigenvalue weighted by atomic mass is 10.1. The Morgan fingerprint density at radius 3 is 2.68 bits per heavy atom. The van der Waals surface area contributed by atoms with Gasteiger partial charge in [0.15, 0.2) is 5.82 Å². The molecular formula is C14H17N3O2. The molecule has 0 atom stereocenters. The summed E-state index contributed by atoms with van der Waals surface area (Å²) in [6.45, 7) is 5.86. The van der Waals surface area contributed by atoms with E-state index in [0.29, 0.717) is 17.3 Å². The molecule has 0 aliphatic heterocycles. The molecule has 1 heterocycles. The molecule has 1 aromatic carbocycles. The predicted octanol–water partition coefficient (Wildman–Crippen LogP) is 2.80. The fourth-order valence-corrected chi connectivity index (χ4v) is 1.64. The van der Waals surface area contributed by atoms with E-state index in [1.807, 2.05) is 13.8 Å². The van der Waals surface area contributed by atoms with E-state index in [2.05, 4.69) is 15.5 Å². The Hall–Kier alpha value is -2.30. The molecule has 0 bridgehead atoms. The third-order valence-electron chi connectivity index (χ3n) is 2.93. The minimum atomic E-state index is -0.294.